The molecular formula is C26H27NO6. The molecule has 3 atom stereocenters. The molecule has 172 valence electrons. The Morgan fingerprint density at radius 2 is 1.76 bits per heavy atom. The Labute approximate surface area is 191 Å². The summed E-state index contributed by atoms with van der Waals surface area (Å²) in [5.74, 6) is -3.83. The molecular weight excluding hydrogens is 422 g/mol. The number of benzene rings is 2. The van der Waals surface area contributed by atoms with Crippen molar-refractivity contribution in [1.29, 1.82) is 0 Å². The number of carboxylic acids is 2. The molecule has 0 bridgehead atoms. The minimum absolute atomic E-state index is 0.0849. The quantitative estimate of drug-likeness (QED) is 0.554. The Morgan fingerprint density at radius 3 is 2.33 bits per heavy atom. The molecule has 0 saturated carbocycles. The summed E-state index contributed by atoms with van der Waals surface area (Å²) in [6.07, 6.45) is -0.0738. The van der Waals surface area contributed by atoms with Gasteiger partial charge in [0.25, 0.3) is 5.91 Å². The zero-order chi connectivity index (χ0) is 23.9. The molecule has 0 spiro atoms. The average Bonchev–Trinajstić information content (AvgIpc) is 3.33. The summed E-state index contributed by atoms with van der Waals surface area (Å²) in [4.78, 5) is 40.2. The van der Waals surface area contributed by atoms with Crippen LogP contribution in [0.3, 0.4) is 0 Å². The maximum absolute atomic E-state index is 13.9. The van der Waals surface area contributed by atoms with Crippen LogP contribution in [-0.4, -0.2) is 38.5 Å². The van der Waals surface area contributed by atoms with Gasteiger partial charge in [-0.3, -0.25) is 9.59 Å². The van der Waals surface area contributed by atoms with Crippen molar-refractivity contribution in [3.8, 4) is 0 Å². The Hall–Kier alpha value is -3.61. The fourth-order valence-electron chi connectivity index (χ4n) is 5.01. The first kappa shape index (κ1) is 22.6. The maximum atomic E-state index is 13.9. The van der Waals surface area contributed by atoms with Crippen molar-refractivity contribution in [2.75, 3.05) is 0 Å². The number of aliphatic carboxylic acids is 2. The van der Waals surface area contributed by atoms with Gasteiger partial charge in [0.15, 0.2) is 0 Å². The molecule has 7 heteroatoms. The predicted molar refractivity (Wildman–Crippen MR) is 122 cm³/mol. The van der Waals surface area contributed by atoms with Gasteiger partial charge in [0.2, 0.25) is 0 Å². The molecule has 2 N–H and O–H groups in total. The normalized spacial score (nSPS) is 22.7. The van der Waals surface area contributed by atoms with Gasteiger partial charge >= 0.3 is 11.9 Å². The molecule has 2 aromatic carbocycles. The van der Waals surface area contributed by atoms with E-state index in [0.717, 1.165) is 10.9 Å². The fraction of sp³-hybridized carbons (Fsp3) is 0.346. The molecule has 1 aliphatic rings. The van der Waals surface area contributed by atoms with Gasteiger partial charge in [-0.2, -0.15) is 0 Å². The van der Waals surface area contributed by atoms with Gasteiger partial charge in [-0.1, -0.05) is 49.7 Å². The summed E-state index contributed by atoms with van der Waals surface area (Å²) in [5, 5.41) is 21.3. The van der Waals surface area contributed by atoms with Crippen molar-refractivity contribution < 1.29 is 29.0 Å². The smallest absolute Gasteiger partial charge is 0.329 e. The lowest BCUT2D eigenvalue weighted by atomic mass is 9.83. The molecule has 0 aliphatic carbocycles. The van der Waals surface area contributed by atoms with E-state index in [1.54, 1.807) is 42.5 Å². The van der Waals surface area contributed by atoms with Crippen LogP contribution >= 0.6 is 0 Å². The van der Waals surface area contributed by atoms with Crippen molar-refractivity contribution in [2.45, 2.75) is 45.2 Å². The fourth-order valence-corrected chi connectivity index (χ4v) is 5.01. The molecule has 3 aromatic rings. The van der Waals surface area contributed by atoms with Crippen LogP contribution in [0.25, 0.3) is 11.0 Å². The second-order valence-electron chi connectivity index (χ2n) is 9.26. The maximum Gasteiger partial charge on any atom is 0.329 e. The monoisotopic (exact) mass is 449 g/mol. The average molecular weight is 450 g/mol. The number of hydrogen-bond acceptors (Lipinski definition) is 4. The first-order valence-electron chi connectivity index (χ1n) is 11.0. The van der Waals surface area contributed by atoms with Crippen LogP contribution in [0.2, 0.25) is 0 Å². The number of carbonyl (C=O) groups is 3. The number of furan rings is 1. The molecule has 1 aliphatic heterocycles. The number of amides is 1. The van der Waals surface area contributed by atoms with Crippen molar-refractivity contribution >= 4 is 28.8 Å². The standard InChI is InChI=1S/C26H27NO6/c1-15(2)13-26(25(31)32)14-19(24(29)30)22(21-12-18-6-4-5-7-20(18)33-21)27(26)23(28)17-10-8-16(3)9-11-17/h4-12,15,19,22H,13-14H2,1-3H3,(H,29,30)(H,31,32). The number of likely N-dealkylation sites (tertiary alicyclic amines) is 1. The van der Waals surface area contributed by atoms with Crippen molar-refractivity contribution in [1.82, 2.24) is 4.90 Å². The van der Waals surface area contributed by atoms with Gasteiger partial charge in [0.05, 0.1) is 5.92 Å². The first-order valence-corrected chi connectivity index (χ1v) is 11.0. The molecule has 3 unspecified atom stereocenters. The molecule has 7 nitrogen and oxygen atoms in total. The van der Waals surface area contributed by atoms with Crippen LogP contribution in [0.1, 0.15) is 54.4 Å². The van der Waals surface area contributed by atoms with Gasteiger partial charge in [-0.15, -0.1) is 0 Å². The lowest BCUT2D eigenvalue weighted by molar-refractivity contribution is -0.150. The van der Waals surface area contributed by atoms with Crippen LogP contribution in [0.15, 0.2) is 59.0 Å². The van der Waals surface area contributed by atoms with Gasteiger partial charge in [0.1, 0.15) is 22.9 Å². The Kier molecular flexibility index (Phi) is 5.74. The summed E-state index contributed by atoms with van der Waals surface area (Å²) >= 11 is 0. The molecule has 2 heterocycles. The third kappa shape index (κ3) is 3.88. The van der Waals surface area contributed by atoms with Gasteiger partial charge in [0, 0.05) is 10.9 Å². The third-order valence-corrected chi connectivity index (χ3v) is 6.39. The second kappa shape index (κ2) is 8.39. The highest BCUT2D eigenvalue weighted by Crippen LogP contribution is 2.51. The molecule has 1 fully saturated rings. The molecule has 0 radical (unpaired) electrons. The number of para-hydroxylation sites is 1. The predicted octanol–water partition coefficient (Wildman–Crippen LogP) is 4.90. The largest absolute Gasteiger partial charge is 0.481 e. The van der Waals surface area contributed by atoms with Crippen LogP contribution in [0.4, 0.5) is 0 Å². The van der Waals surface area contributed by atoms with E-state index >= 15 is 0 Å². The number of hydrogen-bond donors (Lipinski definition) is 2. The van der Waals surface area contributed by atoms with E-state index < -0.39 is 35.3 Å². The number of rotatable bonds is 6. The van der Waals surface area contributed by atoms with E-state index in [1.807, 2.05) is 32.9 Å². The van der Waals surface area contributed by atoms with Crippen LogP contribution < -0.4 is 0 Å². The van der Waals surface area contributed by atoms with Gasteiger partial charge in [-0.25, -0.2) is 4.79 Å². The Bertz CT molecular complexity index is 1180. The van der Waals surface area contributed by atoms with Gasteiger partial charge < -0.3 is 19.5 Å². The molecule has 1 saturated heterocycles. The van der Waals surface area contributed by atoms with Crippen molar-refractivity contribution in [3.05, 3.63) is 71.5 Å². The van der Waals surface area contributed by atoms with Crippen molar-refractivity contribution in [2.24, 2.45) is 11.8 Å². The summed E-state index contributed by atoms with van der Waals surface area (Å²) in [6.45, 7) is 5.62. The zero-order valence-corrected chi connectivity index (χ0v) is 18.8. The van der Waals surface area contributed by atoms with Gasteiger partial charge in [-0.05, 0) is 49.9 Å². The summed E-state index contributed by atoms with van der Waals surface area (Å²) in [6, 6.07) is 14.7. The van der Waals surface area contributed by atoms with E-state index in [2.05, 4.69) is 0 Å². The van der Waals surface area contributed by atoms with Crippen molar-refractivity contribution in [3.63, 3.8) is 0 Å². The Morgan fingerprint density at radius 1 is 1.09 bits per heavy atom. The SMILES string of the molecule is Cc1ccc(C(=O)N2C(c3cc4ccccc4o3)C(C(=O)O)CC2(CC(C)C)C(=O)O)cc1. The molecule has 1 aromatic heterocycles. The number of aryl methyl sites for hydroxylation is 1. The second-order valence-corrected chi connectivity index (χ2v) is 9.26. The van der Waals surface area contributed by atoms with Crippen LogP contribution in [-0.2, 0) is 9.59 Å². The lowest BCUT2D eigenvalue weighted by Crippen LogP contribution is -2.54. The number of carboxylic acid groups (broad SMARTS) is 2. The lowest BCUT2D eigenvalue weighted by Gasteiger charge is -2.38. The zero-order valence-electron chi connectivity index (χ0n) is 18.8. The van der Waals surface area contributed by atoms with E-state index in [9.17, 15) is 24.6 Å². The topological polar surface area (TPSA) is 108 Å². The number of nitrogens with zero attached hydrogens (tertiary/aromatic N) is 1. The van der Waals surface area contributed by atoms with E-state index in [0.29, 0.717) is 11.1 Å². The molecule has 33 heavy (non-hydrogen) atoms. The summed E-state index contributed by atoms with van der Waals surface area (Å²) in [7, 11) is 0. The first-order chi connectivity index (χ1) is 15.6. The number of fused-ring (bicyclic) bond motifs is 1. The summed E-state index contributed by atoms with van der Waals surface area (Å²) < 4.78 is 6.00. The highest BCUT2D eigenvalue weighted by molar-refractivity contribution is 5.99. The van der Waals surface area contributed by atoms with E-state index in [1.165, 1.54) is 4.90 Å². The minimum atomic E-state index is -1.68. The minimum Gasteiger partial charge on any atom is -0.481 e. The van der Waals surface area contributed by atoms with Crippen LogP contribution in [0.5, 0.6) is 0 Å². The number of carbonyl (C=O) groups excluding carboxylic acids is 1. The molecule has 4 rings (SSSR count). The Balaban J connectivity index is 1.94. The highest BCUT2D eigenvalue weighted by atomic mass is 16.4. The molecule has 1 amide bonds. The van der Waals surface area contributed by atoms with E-state index in [4.69, 9.17) is 4.42 Å². The highest BCUT2D eigenvalue weighted by Gasteiger charge is 2.61. The van der Waals surface area contributed by atoms with Crippen LogP contribution in [0, 0.1) is 18.8 Å². The summed E-state index contributed by atoms with van der Waals surface area (Å²) in [5.41, 5.74) is 0.137. The third-order valence-electron chi connectivity index (χ3n) is 6.39. The van der Waals surface area contributed by atoms with E-state index in [-0.39, 0.29) is 24.5 Å².